The minimum Gasteiger partial charge on any atom is -0.508 e. The molecule has 0 saturated carbocycles. The van der Waals surface area contributed by atoms with Crippen LogP contribution in [0.4, 0.5) is 5.69 Å². The van der Waals surface area contributed by atoms with Gasteiger partial charge >= 0.3 is 0 Å². The van der Waals surface area contributed by atoms with E-state index in [1.54, 1.807) is 30.3 Å². The van der Waals surface area contributed by atoms with E-state index >= 15 is 0 Å². The predicted molar refractivity (Wildman–Crippen MR) is 73.4 cm³/mol. The van der Waals surface area contributed by atoms with Crippen molar-refractivity contribution in [3.63, 3.8) is 0 Å². The quantitative estimate of drug-likeness (QED) is 0.723. The molecular formula is C12H18N2O3S. The zero-order valence-electron chi connectivity index (χ0n) is 10.3. The van der Waals surface area contributed by atoms with Crippen LogP contribution in [0.1, 0.15) is 0 Å². The van der Waals surface area contributed by atoms with E-state index in [0.29, 0.717) is 19.6 Å². The molecule has 0 radical (unpaired) electrons. The summed E-state index contributed by atoms with van der Waals surface area (Å²) in [7, 11) is -3.17. The van der Waals surface area contributed by atoms with E-state index in [1.807, 2.05) is 4.90 Å². The molecule has 0 spiro atoms. The molecule has 0 saturated heterocycles. The summed E-state index contributed by atoms with van der Waals surface area (Å²) in [5.41, 5.74) is 0.906. The number of benzene rings is 1. The minimum atomic E-state index is -3.17. The molecule has 0 aliphatic carbocycles. The van der Waals surface area contributed by atoms with Crippen LogP contribution in [0, 0.1) is 0 Å². The molecule has 0 bridgehead atoms. The summed E-state index contributed by atoms with van der Waals surface area (Å²) in [6.45, 7) is 5.14. The number of hydrogen-bond acceptors (Lipinski definition) is 4. The van der Waals surface area contributed by atoms with Crippen molar-refractivity contribution < 1.29 is 13.5 Å². The van der Waals surface area contributed by atoms with Gasteiger partial charge in [0.05, 0.1) is 6.26 Å². The lowest BCUT2D eigenvalue weighted by atomic mass is 10.2. The average molecular weight is 270 g/mol. The first-order valence-electron chi connectivity index (χ1n) is 5.52. The molecule has 0 aliphatic heterocycles. The summed E-state index contributed by atoms with van der Waals surface area (Å²) in [4.78, 5) is 1.96. The summed E-state index contributed by atoms with van der Waals surface area (Å²) in [5, 5.41) is 9.22. The second-order valence-electron chi connectivity index (χ2n) is 3.92. The summed E-state index contributed by atoms with van der Waals surface area (Å²) in [6.07, 6.45) is 2.87. The maximum atomic E-state index is 11.0. The number of nitrogens with zero attached hydrogens (tertiary/aromatic N) is 1. The normalized spacial score (nSPS) is 11.2. The van der Waals surface area contributed by atoms with E-state index in [1.165, 1.54) is 0 Å². The van der Waals surface area contributed by atoms with Crippen molar-refractivity contribution in [2.24, 2.45) is 0 Å². The van der Waals surface area contributed by atoms with Gasteiger partial charge in [0.2, 0.25) is 10.0 Å². The van der Waals surface area contributed by atoms with Gasteiger partial charge in [-0.3, -0.25) is 0 Å². The molecule has 0 aliphatic rings. The largest absolute Gasteiger partial charge is 0.508 e. The first-order chi connectivity index (χ1) is 8.42. The van der Waals surface area contributed by atoms with Crippen molar-refractivity contribution in [3.8, 4) is 5.75 Å². The van der Waals surface area contributed by atoms with Crippen LogP contribution in [-0.4, -0.2) is 39.4 Å². The van der Waals surface area contributed by atoms with Crippen molar-refractivity contribution in [1.82, 2.24) is 4.72 Å². The fourth-order valence-electron chi connectivity index (χ4n) is 1.51. The van der Waals surface area contributed by atoms with Crippen LogP contribution in [0.25, 0.3) is 0 Å². The molecule has 1 rings (SSSR count). The Hall–Kier alpha value is -1.53. The molecule has 0 fully saturated rings. The van der Waals surface area contributed by atoms with Gasteiger partial charge in [-0.15, -0.1) is 6.58 Å². The Morgan fingerprint density at radius 3 is 2.50 bits per heavy atom. The van der Waals surface area contributed by atoms with Crippen LogP contribution < -0.4 is 9.62 Å². The van der Waals surface area contributed by atoms with Crippen LogP contribution in [0.2, 0.25) is 0 Å². The number of phenolic OH excluding ortho intramolecular Hbond substituents is 1. The highest BCUT2D eigenvalue weighted by Gasteiger charge is 2.06. The molecular weight excluding hydrogens is 252 g/mol. The van der Waals surface area contributed by atoms with Crippen molar-refractivity contribution >= 4 is 15.7 Å². The maximum Gasteiger partial charge on any atom is 0.208 e. The van der Waals surface area contributed by atoms with Crippen LogP contribution in [0.5, 0.6) is 5.75 Å². The number of aromatic hydroxyl groups is 1. The van der Waals surface area contributed by atoms with Gasteiger partial charge in [-0.25, -0.2) is 13.1 Å². The van der Waals surface area contributed by atoms with Crippen molar-refractivity contribution in [3.05, 3.63) is 36.9 Å². The lowest BCUT2D eigenvalue weighted by Crippen LogP contribution is -2.34. The number of sulfonamides is 1. The zero-order valence-corrected chi connectivity index (χ0v) is 11.2. The van der Waals surface area contributed by atoms with Gasteiger partial charge in [0, 0.05) is 25.3 Å². The molecule has 1 aromatic rings. The van der Waals surface area contributed by atoms with Crippen molar-refractivity contribution in [2.75, 3.05) is 30.8 Å². The molecule has 2 N–H and O–H groups in total. The third-order valence-corrected chi connectivity index (χ3v) is 3.04. The van der Waals surface area contributed by atoms with E-state index in [9.17, 15) is 13.5 Å². The Labute approximate surface area is 108 Å². The van der Waals surface area contributed by atoms with Gasteiger partial charge in [-0.1, -0.05) is 6.08 Å². The Bertz CT molecular complexity index is 483. The number of nitrogens with one attached hydrogen (secondary N) is 1. The minimum absolute atomic E-state index is 0.201. The maximum absolute atomic E-state index is 11.0. The van der Waals surface area contributed by atoms with E-state index in [0.717, 1.165) is 11.9 Å². The number of rotatable bonds is 7. The lowest BCUT2D eigenvalue weighted by Gasteiger charge is -2.23. The molecule has 6 heteroatoms. The van der Waals surface area contributed by atoms with Gasteiger partial charge < -0.3 is 10.0 Å². The fourth-order valence-corrected chi connectivity index (χ4v) is 1.97. The molecule has 5 nitrogen and oxygen atoms in total. The highest BCUT2D eigenvalue weighted by Crippen LogP contribution is 2.17. The van der Waals surface area contributed by atoms with Gasteiger partial charge in [-0.05, 0) is 24.3 Å². The highest BCUT2D eigenvalue weighted by atomic mass is 32.2. The summed E-state index contributed by atoms with van der Waals surface area (Å²) < 4.78 is 24.4. The van der Waals surface area contributed by atoms with Gasteiger partial charge in [-0.2, -0.15) is 0 Å². The SMILES string of the molecule is C=CCN(CCNS(C)(=O)=O)c1ccc(O)cc1. The second-order valence-corrected chi connectivity index (χ2v) is 5.75. The number of hydrogen-bond donors (Lipinski definition) is 2. The Kier molecular flexibility index (Phi) is 5.18. The van der Waals surface area contributed by atoms with Gasteiger partial charge in [0.25, 0.3) is 0 Å². The van der Waals surface area contributed by atoms with E-state index < -0.39 is 10.0 Å². The van der Waals surface area contributed by atoms with E-state index in [2.05, 4.69) is 11.3 Å². The zero-order chi connectivity index (χ0) is 13.6. The second kappa shape index (κ2) is 6.42. The summed E-state index contributed by atoms with van der Waals surface area (Å²) >= 11 is 0. The molecule has 100 valence electrons. The van der Waals surface area contributed by atoms with Crippen LogP contribution in [0.15, 0.2) is 36.9 Å². The first kappa shape index (κ1) is 14.5. The number of anilines is 1. The fraction of sp³-hybridized carbons (Fsp3) is 0.333. The molecule has 0 heterocycles. The molecule has 0 atom stereocenters. The number of phenols is 1. The molecule has 1 aromatic carbocycles. The Balaban J connectivity index is 2.65. The smallest absolute Gasteiger partial charge is 0.208 e. The lowest BCUT2D eigenvalue weighted by molar-refractivity contribution is 0.475. The standard InChI is InChI=1S/C12H18N2O3S/c1-3-9-14(10-8-13-18(2,16)17)11-4-6-12(15)7-5-11/h3-7,13,15H,1,8-10H2,2H3. The first-order valence-corrected chi connectivity index (χ1v) is 7.41. The van der Waals surface area contributed by atoms with Gasteiger partial charge in [0.15, 0.2) is 0 Å². The molecule has 0 unspecified atom stereocenters. The van der Waals surface area contributed by atoms with Crippen molar-refractivity contribution in [2.45, 2.75) is 0 Å². The summed E-state index contributed by atoms with van der Waals surface area (Å²) in [6, 6.07) is 6.74. The predicted octanol–water partition coefficient (Wildman–Crippen LogP) is 0.934. The van der Waals surface area contributed by atoms with E-state index in [-0.39, 0.29) is 5.75 Å². The highest BCUT2D eigenvalue weighted by molar-refractivity contribution is 7.88. The Morgan fingerprint density at radius 1 is 1.39 bits per heavy atom. The van der Waals surface area contributed by atoms with Crippen LogP contribution in [0.3, 0.4) is 0 Å². The van der Waals surface area contributed by atoms with Crippen LogP contribution in [-0.2, 0) is 10.0 Å². The molecule has 0 aromatic heterocycles. The third kappa shape index (κ3) is 5.20. The van der Waals surface area contributed by atoms with Crippen molar-refractivity contribution in [1.29, 1.82) is 0 Å². The summed E-state index contributed by atoms with van der Waals surface area (Å²) in [5.74, 6) is 0.201. The van der Waals surface area contributed by atoms with Crippen LogP contribution >= 0.6 is 0 Å². The third-order valence-electron chi connectivity index (χ3n) is 2.31. The Morgan fingerprint density at radius 2 is 2.00 bits per heavy atom. The topological polar surface area (TPSA) is 69.6 Å². The average Bonchev–Trinajstić information content (AvgIpc) is 2.27. The van der Waals surface area contributed by atoms with E-state index in [4.69, 9.17) is 0 Å². The monoisotopic (exact) mass is 270 g/mol. The molecule has 18 heavy (non-hydrogen) atoms. The molecule has 0 amide bonds. The van der Waals surface area contributed by atoms with Gasteiger partial charge in [0.1, 0.15) is 5.75 Å².